The van der Waals surface area contributed by atoms with Crippen molar-refractivity contribution < 1.29 is 27.3 Å². The van der Waals surface area contributed by atoms with E-state index in [2.05, 4.69) is 15.2 Å². The van der Waals surface area contributed by atoms with Crippen molar-refractivity contribution in [2.75, 3.05) is 0 Å². The fourth-order valence-corrected chi connectivity index (χ4v) is 3.96. The van der Waals surface area contributed by atoms with Gasteiger partial charge in [0, 0.05) is 24.5 Å². The van der Waals surface area contributed by atoms with Crippen LogP contribution >= 0.6 is 0 Å². The highest BCUT2D eigenvalue weighted by Gasteiger charge is 2.29. The summed E-state index contributed by atoms with van der Waals surface area (Å²) in [4.78, 5) is 26.3. The van der Waals surface area contributed by atoms with Crippen LogP contribution in [-0.2, 0) is 9.84 Å². The number of nitro groups is 1. The van der Waals surface area contributed by atoms with Crippen LogP contribution in [0.4, 0.5) is 10.1 Å². The summed E-state index contributed by atoms with van der Waals surface area (Å²) >= 11 is 0. The van der Waals surface area contributed by atoms with Crippen molar-refractivity contribution >= 4 is 20.6 Å². The maximum Gasteiger partial charge on any atom is 0.299 e. The lowest BCUT2D eigenvalue weighted by atomic mass is 10.2. The summed E-state index contributed by atoms with van der Waals surface area (Å²) in [5, 5.41) is 15.9. The lowest BCUT2D eigenvalue weighted by Gasteiger charge is -2.09. The average Bonchev–Trinajstić information content (AvgIpc) is 3.30. The molecule has 0 saturated carbocycles. The standard InChI is InChI=1S/C21H13FN4O6S/c22-13-1-5-15(6-2-13)32-20-9-10-23-12-17(20)18-11-19(25-24-18)21(27)33(30,31)16-7-3-14(4-8-16)26(28)29/h1-12H,(H,24,25). The number of aromatic nitrogens is 3. The predicted octanol–water partition coefficient (Wildman–Crippen LogP) is 3.93. The van der Waals surface area contributed by atoms with Crippen LogP contribution in [0.1, 0.15) is 10.5 Å². The highest BCUT2D eigenvalue weighted by atomic mass is 32.2. The fourth-order valence-electron chi connectivity index (χ4n) is 2.86. The number of nitrogens with one attached hydrogen (secondary N) is 1. The third kappa shape index (κ3) is 4.45. The minimum absolute atomic E-state index is 0.183. The normalized spacial score (nSPS) is 11.2. The van der Waals surface area contributed by atoms with Gasteiger partial charge in [0.1, 0.15) is 23.0 Å². The number of halogens is 1. The van der Waals surface area contributed by atoms with Gasteiger partial charge in [-0.1, -0.05) is 0 Å². The molecule has 2 heterocycles. The smallest absolute Gasteiger partial charge is 0.299 e. The lowest BCUT2D eigenvalue weighted by molar-refractivity contribution is -0.384. The highest BCUT2D eigenvalue weighted by Crippen LogP contribution is 2.32. The van der Waals surface area contributed by atoms with Gasteiger partial charge in [0.05, 0.1) is 21.1 Å². The van der Waals surface area contributed by atoms with Crippen LogP contribution in [0.2, 0.25) is 0 Å². The van der Waals surface area contributed by atoms with Gasteiger partial charge in [-0.15, -0.1) is 0 Å². The van der Waals surface area contributed by atoms with Gasteiger partial charge >= 0.3 is 0 Å². The van der Waals surface area contributed by atoms with Gasteiger partial charge < -0.3 is 4.74 Å². The average molecular weight is 468 g/mol. The maximum atomic E-state index is 13.1. The Morgan fingerprint density at radius 3 is 2.42 bits per heavy atom. The predicted molar refractivity (Wildman–Crippen MR) is 113 cm³/mol. The van der Waals surface area contributed by atoms with E-state index in [0.29, 0.717) is 17.1 Å². The topological polar surface area (TPSA) is 145 Å². The van der Waals surface area contributed by atoms with Gasteiger partial charge in [-0.2, -0.15) is 5.10 Å². The van der Waals surface area contributed by atoms with E-state index in [9.17, 15) is 27.7 Å². The number of carbonyl (C=O) groups excluding carboxylic acids is 1. The molecule has 10 nitrogen and oxygen atoms in total. The van der Waals surface area contributed by atoms with Crippen molar-refractivity contribution in [1.29, 1.82) is 0 Å². The third-order valence-electron chi connectivity index (χ3n) is 4.50. The van der Waals surface area contributed by atoms with E-state index in [1.807, 2.05) is 0 Å². The third-order valence-corrected chi connectivity index (χ3v) is 6.10. The number of sulfone groups is 1. The van der Waals surface area contributed by atoms with Crippen molar-refractivity contribution in [3.8, 4) is 22.8 Å². The van der Waals surface area contributed by atoms with Crippen molar-refractivity contribution in [3.63, 3.8) is 0 Å². The molecule has 0 aliphatic heterocycles. The zero-order valence-electron chi connectivity index (χ0n) is 16.5. The number of pyridine rings is 1. The SMILES string of the molecule is O=C(c1cc(-c2cnccc2Oc2ccc(F)cc2)n[nH]1)S(=O)(=O)c1ccc([N+](=O)[O-])cc1. The van der Waals surface area contributed by atoms with E-state index in [4.69, 9.17) is 4.74 Å². The molecule has 0 aliphatic carbocycles. The van der Waals surface area contributed by atoms with E-state index < -0.39 is 30.6 Å². The fraction of sp³-hybridized carbons (Fsp3) is 0. The molecule has 0 bridgehead atoms. The lowest BCUT2D eigenvalue weighted by Crippen LogP contribution is -2.15. The molecule has 0 amide bonds. The number of hydrogen-bond donors (Lipinski definition) is 1. The highest BCUT2D eigenvalue weighted by molar-refractivity contribution is 8.06. The number of nitrogens with zero attached hydrogens (tertiary/aromatic N) is 3. The van der Waals surface area contributed by atoms with Gasteiger partial charge in [-0.25, -0.2) is 12.8 Å². The maximum absolute atomic E-state index is 13.1. The van der Waals surface area contributed by atoms with Gasteiger partial charge in [0.15, 0.2) is 0 Å². The first kappa shape index (κ1) is 21.8. The number of hydrogen-bond acceptors (Lipinski definition) is 8. The number of H-pyrrole nitrogens is 1. The number of ether oxygens (including phenoxy) is 1. The Hall–Kier alpha value is -4.45. The molecule has 0 fully saturated rings. The second-order valence-corrected chi connectivity index (χ2v) is 8.49. The first-order valence-corrected chi connectivity index (χ1v) is 10.7. The number of benzene rings is 2. The van der Waals surface area contributed by atoms with Crippen LogP contribution < -0.4 is 4.74 Å². The molecular weight excluding hydrogens is 455 g/mol. The molecule has 0 radical (unpaired) electrons. The molecule has 4 aromatic rings. The summed E-state index contributed by atoms with van der Waals surface area (Å²) in [5.74, 6) is 0.207. The molecule has 0 unspecified atom stereocenters. The molecule has 0 aliphatic rings. The van der Waals surface area contributed by atoms with E-state index >= 15 is 0 Å². The summed E-state index contributed by atoms with van der Waals surface area (Å²) in [6.45, 7) is 0. The summed E-state index contributed by atoms with van der Waals surface area (Å²) < 4.78 is 44.2. The van der Waals surface area contributed by atoms with Gasteiger partial charge in [0.2, 0.25) is 9.84 Å². The Kier molecular flexibility index (Phi) is 5.67. The van der Waals surface area contributed by atoms with Crippen LogP contribution in [-0.4, -0.2) is 33.6 Å². The van der Waals surface area contributed by atoms with E-state index in [1.165, 1.54) is 48.8 Å². The Labute approximate surface area is 185 Å². The zero-order valence-corrected chi connectivity index (χ0v) is 17.3. The Bertz CT molecular complexity index is 1450. The molecular formula is C21H13FN4O6S. The van der Waals surface area contributed by atoms with Crippen LogP contribution in [0.3, 0.4) is 0 Å². The zero-order chi connectivity index (χ0) is 23.6. The number of carbonyl (C=O) groups is 1. The molecule has 4 rings (SSSR count). The van der Waals surface area contributed by atoms with Gasteiger partial charge in [-0.05, 0) is 48.5 Å². The van der Waals surface area contributed by atoms with Crippen LogP contribution in [0.5, 0.6) is 11.5 Å². The largest absolute Gasteiger partial charge is 0.457 e. The first-order chi connectivity index (χ1) is 15.8. The molecule has 0 spiro atoms. The van der Waals surface area contributed by atoms with Crippen LogP contribution in [0.25, 0.3) is 11.3 Å². The molecule has 33 heavy (non-hydrogen) atoms. The summed E-state index contributed by atoms with van der Waals surface area (Å²) in [5.41, 5.74) is -0.0947. The number of non-ortho nitro benzene ring substituents is 1. The van der Waals surface area contributed by atoms with E-state index in [1.54, 1.807) is 0 Å². The molecule has 0 saturated heterocycles. The molecule has 0 atom stereocenters. The summed E-state index contributed by atoms with van der Waals surface area (Å²) in [7, 11) is -4.48. The Balaban J connectivity index is 1.62. The van der Waals surface area contributed by atoms with E-state index in [0.717, 1.165) is 24.3 Å². The summed E-state index contributed by atoms with van der Waals surface area (Å²) in [6.07, 6.45) is 2.87. The minimum atomic E-state index is -4.48. The second kappa shape index (κ2) is 8.59. The molecule has 1 N–H and O–H groups in total. The molecule has 2 aromatic heterocycles. The Morgan fingerprint density at radius 2 is 1.76 bits per heavy atom. The second-order valence-electron chi connectivity index (χ2n) is 6.64. The van der Waals surface area contributed by atoms with Crippen LogP contribution in [0, 0.1) is 15.9 Å². The first-order valence-electron chi connectivity index (χ1n) is 9.23. The summed E-state index contributed by atoms with van der Waals surface area (Å²) in [6, 6.07) is 12.0. The van der Waals surface area contributed by atoms with Crippen molar-refractivity contribution in [2.45, 2.75) is 4.90 Å². The van der Waals surface area contributed by atoms with E-state index in [-0.39, 0.29) is 17.1 Å². The molecule has 166 valence electrons. The van der Waals surface area contributed by atoms with Gasteiger partial charge in [-0.3, -0.25) is 25.0 Å². The van der Waals surface area contributed by atoms with Crippen molar-refractivity contribution in [1.82, 2.24) is 15.2 Å². The number of nitro benzene ring substituents is 1. The molecule has 12 heteroatoms. The quantitative estimate of drug-likeness (QED) is 0.331. The minimum Gasteiger partial charge on any atom is -0.457 e. The van der Waals surface area contributed by atoms with Gasteiger partial charge in [0.25, 0.3) is 10.8 Å². The Morgan fingerprint density at radius 1 is 1.06 bits per heavy atom. The monoisotopic (exact) mass is 468 g/mol. The van der Waals surface area contributed by atoms with Crippen molar-refractivity contribution in [2.24, 2.45) is 0 Å². The van der Waals surface area contributed by atoms with Crippen LogP contribution in [0.15, 0.2) is 78.0 Å². The number of rotatable bonds is 6. The number of aromatic amines is 1. The van der Waals surface area contributed by atoms with Crippen molar-refractivity contribution in [3.05, 3.63) is 94.7 Å². The molecule has 2 aromatic carbocycles.